The second-order valence-electron chi connectivity index (χ2n) is 6.19. The number of sulfonamides is 1. The van der Waals surface area contributed by atoms with E-state index in [0.717, 1.165) is 28.2 Å². The van der Waals surface area contributed by atoms with Gasteiger partial charge in [-0.25, -0.2) is 18.3 Å². The van der Waals surface area contributed by atoms with E-state index in [-0.39, 0.29) is 18.1 Å². The molecule has 2 aromatic heterocycles. The highest BCUT2D eigenvalue weighted by Gasteiger charge is 2.27. The third-order valence-corrected chi connectivity index (χ3v) is 7.44. The Morgan fingerprint density at radius 1 is 1.15 bits per heavy atom. The molecule has 1 saturated heterocycles. The van der Waals surface area contributed by atoms with Gasteiger partial charge in [0, 0.05) is 22.8 Å². The predicted molar refractivity (Wildman–Crippen MR) is 107 cm³/mol. The van der Waals surface area contributed by atoms with Crippen LogP contribution in [0.1, 0.15) is 17.7 Å². The molecular formula is C17H19ClN4O3S2. The Bertz CT molecular complexity index is 1080. The highest BCUT2D eigenvalue weighted by atomic mass is 35.5. The lowest BCUT2D eigenvalue weighted by atomic mass is 10.2. The molecule has 0 unspecified atom stereocenters. The molecule has 10 heteroatoms. The van der Waals surface area contributed by atoms with Crippen LogP contribution in [0.5, 0.6) is 0 Å². The van der Waals surface area contributed by atoms with Gasteiger partial charge < -0.3 is 0 Å². The van der Waals surface area contributed by atoms with E-state index in [0.29, 0.717) is 24.5 Å². The van der Waals surface area contributed by atoms with Gasteiger partial charge in [-0.15, -0.1) is 23.7 Å². The summed E-state index contributed by atoms with van der Waals surface area (Å²) < 4.78 is 28.5. The lowest BCUT2D eigenvalue weighted by Gasteiger charge is -2.15. The van der Waals surface area contributed by atoms with Crippen molar-refractivity contribution in [3.05, 3.63) is 58.1 Å². The number of H-pyrrole nitrogens is 1. The Morgan fingerprint density at radius 2 is 1.93 bits per heavy atom. The average molecular weight is 427 g/mol. The van der Waals surface area contributed by atoms with Crippen LogP contribution in [0.15, 0.2) is 52.4 Å². The Morgan fingerprint density at radius 3 is 2.63 bits per heavy atom. The second-order valence-corrected chi connectivity index (χ2v) is 9.30. The first-order valence-electron chi connectivity index (χ1n) is 8.33. The van der Waals surface area contributed by atoms with Gasteiger partial charge in [0.15, 0.2) is 0 Å². The quantitative estimate of drug-likeness (QED) is 0.679. The third kappa shape index (κ3) is 4.01. The first-order valence-corrected chi connectivity index (χ1v) is 10.6. The Labute approximate surface area is 167 Å². The first-order chi connectivity index (χ1) is 12.5. The summed E-state index contributed by atoms with van der Waals surface area (Å²) in [5.41, 5.74) is 0.611. The number of aromatic amines is 1. The minimum absolute atomic E-state index is 0. The molecule has 1 aromatic carbocycles. The minimum atomic E-state index is -3.43. The molecule has 1 fully saturated rings. The van der Waals surface area contributed by atoms with Crippen molar-refractivity contribution >= 4 is 33.8 Å². The van der Waals surface area contributed by atoms with E-state index in [2.05, 4.69) is 10.2 Å². The second kappa shape index (κ2) is 7.97. The SMILES string of the molecule is Cl.O=c1[nH]ncn1Cc1ccc(-c2cccc(S(=O)(=O)N3CCCC3)c2)s1. The monoisotopic (exact) mass is 426 g/mol. The molecule has 4 rings (SSSR count). The summed E-state index contributed by atoms with van der Waals surface area (Å²) in [6.45, 7) is 1.62. The van der Waals surface area contributed by atoms with E-state index in [4.69, 9.17) is 0 Å². The van der Waals surface area contributed by atoms with Gasteiger partial charge in [0.2, 0.25) is 10.0 Å². The van der Waals surface area contributed by atoms with E-state index in [1.165, 1.54) is 22.2 Å². The normalized spacial score (nSPS) is 15.0. The Balaban J connectivity index is 0.00000210. The van der Waals surface area contributed by atoms with Crippen LogP contribution in [0, 0.1) is 0 Å². The summed E-state index contributed by atoms with van der Waals surface area (Å²) in [6, 6.07) is 11.0. The van der Waals surface area contributed by atoms with Crippen LogP contribution in [0.2, 0.25) is 0 Å². The lowest BCUT2D eigenvalue weighted by Crippen LogP contribution is -2.27. The van der Waals surface area contributed by atoms with Crippen molar-refractivity contribution in [1.82, 2.24) is 19.1 Å². The Kier molecular flexibility index (Phi) is 5.85. The van der Waals surface area contributed by atoms with Gasteiger partial charge in [-0.1, -0.05) is 12.1 Å². The molecule has 3 aromatic rings. The topological polar surface area (TPSA) is 88.1 Å². The molecule has 144 valence electrons. The average Bonchev–Trinajstić information content (AvgIpc) is 3.38. The first kappa shape index (κ1) is 19.8. The summed E-state index contributed by atoms with van der Waals surface area (Å²) in [6.07, 6.45) is 3.30. The van der Waals surface area contributed by atoms with Crippen LogP contribution in [0.4, 0.5) is 0 Å². The van der Waals surface area contributed by atoms with Gasteiger partial charge in [-0.05, 0) is 42.7 Å². The van der Waals surface area contributed by atoms with Gasteiger partial charge in [0.25, 0.3) is 0 Å². The predicted octanol–water partition coefficient (Wildman–Crippen LogP) is 2.55. The van der Waals surface area contributed by atoms with Crippen LogP contribution >= 0.6 is 23.7 Å². The van der Waals surface area contributed by atoms with Crippen molar-refractivity contribution in [2.75, 3.05) is 13.1 Å². The maximum atomic E-state index is 12.8. The zero-order valence-corrected chi connectivity index (χ0v) is 16.8. The van der Waals surface area contributed by atoms with E-state index >= 15 is 0 Å². The number of hydrogen-bond acceptors (Lipinski definition) is 5. The van der Waals surface area contributed by atoms with Gasteiger partial charge in [-0.3, -0.25) is 4.57 Å². The number of aromatic nitrogens is 3. The standard InChI is InChI=1S/C17H18N4O3S2.ClH/c22-17-19-18-12-20(17)11-14-6-7-16(25-14)13-4-3-5-15(10-13)26(23,24)21-8-1-2-9-21;/h3-7,10,12H,1-2,8-9,11H2,(H,19,22);1H. The summed E-state index contributed by atoms with van der Waals surface area (Å²) in [4.78, 5) is 13.9. The zero-order valence-electron chi connectivity index (χ0n) is 14.4. The van der Waals surface area contributed by atoms with Crippen LogP contribution in [0.3, 0.4) is 0 Å². The van der Waals surface area contributed by atoms with Crippen LogP contribution in [-0.2, 0) is 16.6 Å². The van der Waals surface area contributed by atoms with Crippen molar-refractivity contribution in [2.24, 2.45) is 0 Å². The molecule has 3 heterocycles. The van der Waals surface area contributed by atoms with Crippen molar-refractivity contribution in [2.45, 2.75) is 24.3 Å². The van der Waals surface area contributed by atoms with Crippen molar-refractivity contribution in [3.63, 3.8) is 0 Å². The van der Waals surface area contributed by atoms with E-state index in [1.54, 1.807) is 22.5 Å². The molecule has 0 amide bonds. The summed E-state index contributed by atoms with van der Waals surface area (Å²) in [5.74, 6) is 0. The summed E-state index contributed by atoms with van der Waals surface area (Å²) >= 11 is 1.53. The van der Waals surface area contributed by atoms with Gasteiger partial charge >= 0.3 is 5.69 Å². The molecule has 0 bridgehead atoms. The maximum absolute atomic E-state index is 12.8. The molecule has 0 saturated carbocycles. The fraction of sp³-hybridized carbons (Fsp3) is 0.294. The Hall–Kier alpha value is -1.94. The van der Waals surface area contributed by atoms with Crippen LogP contribution in [0.25, 0.3) is 10.4 Å². The molecule has 0 spiro atoms. The summed E-state index contributed by atoms with van der Waals surface area (Å²) in [7, 11) is -3.43. The third-order valence-electron chi connectivity index (χ3n) is 4.43. The zero-order chi connectivity index (χ0) is 18.1. The van der Waals surface area contributed by atoms with Crippen LogP contribution in [-0.4, -0.2) is 40.6 Å². The number of rotatable bonds is 5. The van der Waals surface area contributed by atoms with Crippen molar-refractivity contribution < 1.29 is 8.42 Å². The van der Waals surface area contributed by atoms with Gasteiger partial charge in [0.1, 0.15) is 6.33 Å². The molecular weight excluding hydrogens is 408 g/mol. The molecule has 1 N–H and O–H groups in total. The molecule has 27 heavy (non-hydrogen) atoms. The number of hydrogen-bond donors (Lipinski definition) is 1. The van der Waals surface area contributed by atoms with Gasteiger partial charge in [-0.2, -0.15) is 9.40 Å². The smallest absolute Gasteiger partial charge is 0.276 e. The van der Waals surface area contributed by atoms with E-state index < -0.39 is 10.0 Å². The molecule has 0 aliphatic carbocycles. The van der Waals surface area contributed by atoms with Crippen LogP contribution < -0.4 is 5.69 Å². The highest BCUT2D eigenvalue weighted by Crippen LogP contribution is 2.31. The number of nitrogens with one attached hydrogen (secondary N) is 1. The highest BCUT2D eigenvalue weighted by molar-refractivity contribution is 7.89. The largest absolute Gasteiger partial charge is 0.343 e. The molecule has 1 aliphatic rings. The maximum Gasteiger partial charge on any atom is 0.343 e. The molecule has 7 nitrogen and oxygen atoms in total. The summed E-state index contributed by atoms with van der Waals surface area (Å²) in [5, 5.41) is 6.09. The van der Waals surface area contributed by atoms with Crippen molar-refractivity contribution in [3.8, 4) is 10.4 Å². The van der Waals surface area contributed by atoms with E-state index in [9.17, 15) is 13.2 Å². The molecule has 0 radical (unpaired) electrons. The lowest BCUT2D eigenvalue weighted by molar-refractivity contribution is 0.477. The molecule has 1 aliphatic heterocycles. The fourth-order valence-electron chi connectivity index (χ4n) is 3.06. The van der Waals surface area contributed by atoms with Gasteiger partial charge in [0.05, 0.1) is 11.4 Å². The fourth-order valence-corrected chi connectivity index (χ4v) is 5.62. The number of halogens is 1. The van der Waals surface area contributed by atoms with E-state index in [1.807, 2.05) is 18.2 Å². The van der Waals surface area contributed by atoms with Crippen molar-refractivity contribution in [1.29, 1.82) is 0 Å². The number of thiophene rings is 1. The number of nitrogens with zero attached hydrogens (tertiary/aromatic N) is 3. The minimum Gasteiger partial charge on any atom is -0.276 e. The number of benzene rings is 1. The molecule has 0 atom stereocenters.